The van der Waals surface area contributed by atoms with Crippen molar-refractivity contribution in [3.8, 4) is 17.3 Å². The summed E-state index contributed by atoms with van der Waals surface area (Å²) in [6.45, 7) is 3.76. The number of thiazole rings is 1. The van der Waals surface area contributed by atoms with Gasteiger partial charge in [0.25, 0.3) is 0 Å². The minimum atomic E-state index is -0.492. The van der Waals surface area contributed by atoms with Crippen LogP contribution in [0.2, 0.25) is 0 Å². The van der Waals surface area contributed by atoms with Gasteiger partial charge in [0.2, 0.25) is 0 Å². The van der Waals surface area contributed by atoms with Crippen LogP contribution >= 0.6 is 22.7 Å². The summed E-state index contributed by atoms with van der Waals surface area (Å²) < 4.78 is 10.3. The number of carbonyl (C=O) groups is 1. The minimum absolute atomic E-state index is 0.269. The van der Waals surface area contributed by atoms with E-state index in [1.165, 1.54) is 36.0 Å². The smallest absolute Gasteiger partial charge is 0.345 e. The van der Waals surface area contributed by atoms with Crippen molar-refractivity contribution < 1.29 is 13.9 Å². The lowest BCUT2D eigenvalue weighted by atomic mass is 10.1. The Morgan fingerprint density at radius 2 is 2.09 bits per heavy atom. The van der Waals surface area contributed by atoms with Gasteiger partial charge in [0.1, 0.15) is 27.2 Å². The first-order chi connectivity index (χ1) is 15.4. The van der Waals surface area contributed by atoms with Crippen LogP contribution in [-0.2, 0) is 4.74 Å². The van der Waals surface area contributed by atoms with Crippen molar-refractivity contribution in [1.82, 2.24) is 4.98 Å². The zero-order valence-electron chi connectivity index (χ0n) is 17.4. The zero-order chi connectivity index (χ0) is 22.8. The Bertz CT molecular complexity index is 1470. The van der Waals surface area contributed by atoms with Gasteiger partial charge in [-0.05, 0) is 31.5 Å². The van der Waals surface area contributed by atoms with Gasteiger partial charge in [-0.15, -0.1) is 22.7 Å². The van der Waals surface area contributed by atoms with Gasteiger partial charge in [0.15, 0.2) is 0 Å². The monoisotopic (exact) mass is 463 g/mol. The molecule has 0 unspecified atom stereocenters. The van der Waals surface area contributed by atoms with Gasteiger partial charge in [-0.1, -0.05) is 18.2 Å². The lowest BCUT2D eigenvalue weighted by Gasteiger charge is -2.03. The molecule has 3 aromatic heterocycles. The Kier molecular flexibility index (Phi) is 5.90. The third-order valence-corrected chi connectivity index (χ3v) is 6.91. The van der Waals surface area contributed by atoms with Gasteiger partial charge in [-0.25, -0.2) is 14.6 Å². The number of thiophene rings is 1. The van der Waals surface area contributed by atoms with Gasteiger partial charge < -0.3 is 14.5 Å². The molecule has 3 heterocycles. The molecular formula is C23H17N3O4S2. The molecular weight excluding hydrogens is 446 g/mol. The van der Waals surface area contributed by atoms with Crippen LogP contribution < -0.4 is 10.9 Å². The second-order valence-corrected chi connectivity index (χ2v) is 8.90. The normalized spacial score (nSPS) is 11.4. The number of ether oxygens (including phenoxy) is 1. The number of para-hydroxylation sites is 1. The first-order valence-electron chi connectivity index (χ1n) is 9.47. The average molecular weight is 464 g/mol. The highest BCUT2D eigenvalue weighted by Gasteiger charge is 2.20. The summed E-state index contributed by atoms with van der Waals surface area (Å²) in [4.78, 5) is 30.0. The third-order valence-electron chi connectivity index (χ3n) is 4.89. The van der Waals surface area contributed by atoms with Crippen LogP contribution in [0.4, 0.5) is 5.00 Å². The first kappa shape index (κ1) is 21.5. The molecule has 0 saturated carbocycles. The molecule has 0 aliphatic heterocycles. The molecule has 1 aromatic carbocycles. The number of benzene rings is 1. The van der Waals surface area contributed by atoms with E-state index in [-0.39, 0.29) is 5.57 Å². The quantitative estimate of drug-likeness (QED) is 0.241. The van der Waals surface area contributed by atoms with Crippen LogP contribution in [-0.4, -0.2) is 18.1 Å². The van der Waals surface area contributed by atoms with Crippen molar-refractivity contribution >= 4 is 50.2 Å². The van der Waals surface area contributed by atoms with Crippen LogP contribution in [0, 0.1) is 25.2 Å². The largest absolute Gasteiger partial charge is 0.465 e. The molecule has 160 valence electrons. The highest BCUT2D eigenvalue weighted by atomic mass is 32.1. The number of esters is 1. The average Bonchev–Trinajstić information content (AvgIpc) is 3.38. The van der Waals surface area contributed by atoms with Crippen molar-refractivity contribution in [3.05, 3.63) is 73.3 Å². The number of hydrogen-bond donors (Lipinski definition) is 1. The molecule has 9 heteroatoms. The maximum absolute atomic E-state index is 12.4. The lowest BCUT2D eigenvalue weighted by molar-refractivity contribution is 0.0601. The Morgan fingerprint density at radius 3 is 2.84 bits per heavy atom. The number of aromatic nitrogens is 1. The van der Waals surface area contributed by atoms with Gasteiger partial charge in [-0.2, -0.15) is 5.26 Å². The standard InChI is InChI=1S/C23H17N3O4S2/c1-12-13(2)32-21(19(12)23(28)29-3)25-10-15(9-24)20-26-17(11-31-20)16-8-14-6-4-5-7-18(14)30-22(16)27/h4-8,10-11,25H,1-3H3/b15-10-. The second-order valence-electron chi connectivity index (χ2n) is 6.82. The van der Waals surface area contributed by atoms with Gasteiger partial charge in [0.05, 0.1) is 23.9 Å². The molecule has 4 aromatic rings. The predicted octanol–water partition coefficient (Wildman–Crippen LogP) is 5.36. The highest BCUT2D eigenvalue weighted by molar-refractivity contribution is 7.16. The number of methoxy groups -OCH3 is 1. The van der Waals surface area contributed by atoms with Crippen molar-refractivity contribution in [1.29, 1.82) is 5.26 Å². The number of anilines is 1. The van der Waals surface area contributed by atoms with Gasteiger partial charge >= 0.3 is 11.6 Å². The number of aryl methyl sites for hydroxylation is 1. The molecule has 0 bridgehead atoms. The van der Waals surface area contributed by atoms with E-state index in [9.17, 15) is 14.9 Å². The highest BCUT2D eigenvalue weighted by Crippen LogP contribution is 2.34. The molecule has 1 N–H and O–H groups in total. The van der Waals surface area contributed by atoms with E-state index >= 15 is 0 Å². The van der Waals surface area contributed by atoms with E-state index < -0.39 is 11.6 Å². The molecule has 0 spiro atoms. The maximum Gasteiger partial charge on any atom is 0.345 e. The van der Waals surface area contributed by atoms with Crippen LogP contribution in [0.5, 0.6) is 0 Å². The first-order valence-corrected chi connectivity index (χ1v) is 11.2. The third kappa shape index (κ3) is 3.93. The topological polar surface area (TPSA) is 105 Å². The summed E-state index contributed by atoms with van der Waals surface area (Å²) in [5, 5.41) is 16.2. The lowest BCUT2D eigenvalue weighted by Crippen LogP contribution is -2.05. The molecule has 0 amide bonds. The summed E-state index contributed by atoms with van der Waals surface area (Å²) in [6, 6.07) is 11.1. The number of allylic oxidation sites excluding steroid dienone is 1. The number of carbonyl (C=O) groups excluding carboxylic acids is 1. The van der Waals surface area contributed by atoms with Crippen molar-refractivity contribution in [2.45, 2.75) is 13.8 Å². The molecule has 0 saturated heterocycles. The number of hydrogen-bond acceptors (Lipinski definition) is 9. The van der Waals surface area contributed by atoms with E-state index in [0.29, 0.717) is 32.4 Å². The summed E-state index contributed by atoms with van der Waals surface area (Å²) in [5.74, 6) is -0.444. The molecule has 0 aliphatic carbocycles. The summed E-state index contributed by atoms with van der Waals surface area (Å²) in [7, 11) is 1.33. The molecule has 4 rings (SSSR count). The fourth-order valence-corrected chi connectivity index (χ4v) is 4.92. The number of nitrogens with zero attached hydrogens (tertiary/aromatic N) is 2. The van der Waals surface area contributed by atoms with E-state index in [1.54, 1.807) is 23.6 Å². The number of rotatable bonds is 5. The van der Waals surface area contributed by atoms with Crippen LogP contribution in [0.15, 0.2) is 51.1 Å². The number of nitrogens with one attached hydrogen (secondary N) is 1. The van der Waals surface area contributed by atoms with E-state index in [1.807, 2.05) is 26.0 Å². The summed E-state index contributed by atoms with van der Waals surface area (Å²) in [5.41, 5.74) is 2.31. The molecule has 0 radical (unpaired) electrons. The van der Waals surface area contributed by atoms with Gasteiger partial charge in [0, 0.05) is 21.8 Å². The Hall–Kier alpha value is -3.74. The maximum atomic E-state index is 12.4. The molecule has 32 heavy (non-hydrogen) atoms. The van der Waals surface area contributed by atoms with E-state index in [4.69, 9.17) is 9.15 Å². The fourth-order valence-electron chi connectivity index (χ4n) is 3.12. The van der Waals surface area contributed by atoms with Gasteiger partial charge in [-0.3, -0.25) is 0 Å². The molecule has 0 fully saturated rings. The summed E-state index contributed by atoms with van der Waals surface area (Å²) >= 11 is 2.64. The molecule has 7 nitrogen and oxygen atoms in total. The van der Waals surface area contributed by atoms with Crippen LogP contribution in [0.1, 0.15) is 25.8 Å². The Morgan fingerprint density at radius 1 is 1.31 bits per heavy atom. The summed E-state index contributed by atoms with van der Waals surface area (Å²) in [6.07, 6.45) is 1.50. The zero-order valence-corrected chi connectivity index (χ0v) is 19.0. The number of nitriles is 1. The van der Waals surface area contributed by atoms with Crippen molar-refractivity contribution in [3.63, 3.8) is 0 Å². The minimum Gasteiger partial charge on any atom is -0.465 e. The molecule has 0 aliphatic rings. The SMILES string of the molecule is COC(=O)c1c(N/C=C(/C#N)c2nc(-c3cc4ccccc4oc3=O)cs2)sc(C)c1C. The second kappa shape index (κ2) is 8.78. The molecule has 0 atom stereocenters. The Balaban J connectivity index is 1.67. The van der Waals surface area contributed by atoms with Crippen LogP contribution in [0.3, 0.4) is 0 Å². The van der Waals surface area contributed by atoms with Crippen LogP contribution in [0.25, 0.3) is 27.8 Å². The Labute approximate surface area is 191 Å². The van der Waals surface area contributed by atoms with E-state index in [0.717, 1.165) is 15.8 Å². The van der Waals surface area contributed by atoms with Crippen molar-refractivity contribution in [2.75, 3.05) is 12.4 Å². The van der Waals surface area contributed by atoms with Crippen molar-refractivity contribution in [2.24, 2.45) is 0 Å². The van der Waals surface area contributed by atoms with E-state index in [2.05, 4.69) is 16.4 Å². The number of fused-ring (bicyclic) bond motifs is 1. The fraction of sp³-hybridized carbons (Fsp3) is 0.130. The predicted molar refractivity (Wildman–Crippen MR) is 126 cm³/mol.